The number of hydrogen-bond acceptors (Lipinski definition) is 9. The number of nitrogens with one attached hydrogen (secondary N) is 2. The standard InChI is InChI=1S/C48H60N6O8/c1-6-8-12-22-52(23-13-9-7-2)44(56)29-40-46(58)54-24-14-21-48(54,51-45(57)36-26-35-15-10-11-16-39(35)49-30-36)47(59)53(40)32-34-19-17-33(18-20-34)25-43(55)50-31-38-41(61-4)27-37(60-3)28-42(38)62-5/h10-11,15-20,26-28,30,40H,6-9,12-14,21-25,29,31-32H2,1-5H3,(H,50,55)(H,51,57)/t40-,48?/m0/s1. The molecule has 0 radical (unpaired) electrons. The van der Waals surface area contributed by atoms with Gasteiger partial charge in [-0.2, -0.15) is 0 Å². The van der Waals surface area contributed by atoms with Crippen LogP contribution in [0.1, 0.15) is 98.7 Å². The van der Waals surface area contributed by atoms with Gasteiger partial charge < -0.3 is 39.5 Å². The Bertz CT molecular complexity index is 2200. The number of unbranched alkanes of at least 4 members (excludes halogenated alkanes) is 4. The smallest absolute Gasteiger partial charge is 0.270 e. The second-order valence-corrected chi connectivity index (χ2v) is 16.1. The van der Waals surface area contributed by atoms with Crippen LogP contribution in [0.3, 0.4) is 0 Å². The van der Waals surface area contributed by atoms with Gasteiger partial charge in [-0.25, -0.2) is 0 Å². The highest BCUT2D eigenvalue weighted by Crippen LogP contribution is 2.38. The largest absolute Gasteiger partial charge is 0.496 e. The van der Waals surface area contributed by atoms with Gasteiger partial charge in [-0.05, 0) is 42.5 Å². The molecule has 0 bridgehead atoms. The molecule has 330 valence electrons. The lowest BCUT2D eigenvalue weighted by atomic mass is 9.94. The predicted molar refractivity (Wildman–Crippen MR) is 236 cm³/mol. The van der Waals surface area contributed by atoms with Crippen LogP contribution in [0, 0.1) is 0 Å². The third-order valence-electron chi connectivity index (χ3n) is 11.9. The first-order chi connectivity index (χ1) is 30.0. The monoisotopic (exact) mass is 848 g/mol. The van der Waals surface area contributed by atoms with Gasteiger partial charge in [-0.3, -0.25) is 29.0 Å². The van der Waals surface area contributed by atoms with Gasteiger partial charge in [0.05, 0.1) is 57.4 Å². The zero-order valence-electron chi connectivity index (χ0n) is 36.7. The lowest BCUT2D eigenvalue weighted by Crippen LogP contribution is -2.75. The van der Waals surface area contributed by atoms with Gasteiger partial charge in [0.25, 0.3) is 11.8 Å². The number of pyridine rings is 1. The summed E-state index contributed by atoms with van der Waals surface area (Å²) in [7, 11) is 4.63. The average Bonchev–Trinajstić information content (AvgIpc) is 3.73. The average molecular weight is 849 g/mol. The van der Waals surface area contributed by atoms with E-state index in [9.17, 15) is 19.2 Å². The number of para-hydroxylation sites is 1. The van der Waals surface area contributed by atoms with Gasteiger partial charge >= 0.3 is 0 Å². The molecule has 62 heavy (non-hydrogen) atoms. The van der Waals surface area contributed by atoms with Crippen LogP contribution in [0.15, 0.2) is 72.9 Å². The number of amides is 5. The van der Waals surface area contributed by atoms with Crippen LogP contribution in [0.2, 0.25) is 0 Å². The maximum Gasteiger partial charge on any atom is 0.270 e. The number of methoxy groups -OCH3 is 3. The first kappa shape index (κ1) is 45.3. The van der Waals surface area contributed by atoms with E-state index in [4.69, 9.17) is 14.2 Å². The lowest BCUT2D eigenvalue weighted by Gasteiger charge is -2.49. The summed E-state index contributed by atoms with van der Waals surface area (Å²) < 4.78 is 16.4. The van der Waals surface area contributed by atoms with E-state index < -0.39 is 23.5 Å². The first-order valence-corrected chi connectivity index (χ1v) is 21.8. The number of rotatable bonds is 21. The van der Waals surface area contributed by atoms with Gasteiger partial charge in [-0.15, -0.1) is 0 Å². The van der Waals surface area contributed by atoms with E-state index in [0.717, 1.165) is 55.0 Å². The Morgan fingerprint density at radius 2 is 1.52 bits per heavy atom. The highest BCUT2D eigenvalue weighted by atomic mass is 16.5. The summed E-state index contributed by atoms with van der Waals surface area (Å²) in [6.45, 7) is 5.86. The summed E-state index contributed by atoms with van der Waals surface area (Å²) in [6, 6.07) is 18.8. The SMILES string of the molecule is CCCCCN(CCCCC)C(=O)C[C@H]1C(=O)N2CCCC2(NC(=O)c2cnc3ccccc3c2)C(=O)N1Cc1ccc(CC(=O)NCc2c(OC)cc(OC)cc2OC)cc1. The lowest BCUT2D eigenvalue weighted by molar-refractivity contribution is -0.171. The maximum atomic E-state index is 15.1. The van der Waals surface area contributed by atoms with Crippen LogP contribution >= 0.6 is 0 Å². The number of nitrogens with zero attached hydrogens (tertiary/aromatic N) is 4. The molecule has 3 aromatic carbocycles. The summed E-state index contributed by atoms with van der Waals surface area (Å²) in [6.07, 6.45) is 7.81. The highest BCUT2D eigenvalue weighted by Gasteiger charge is 2.59. The number of aromatic nitrogens is 1. The number of carbonyl (C=O) groups excluding carboxylic acids is 5. The van der Waals surface area contributed by atoms with Crippen molar-refractivity contribution >= 4 is 40.4 Å². The summed E-state index contributed by atoms with van der Waals surface area (Å²) in [5, 5.41) is 6.70. The van der Waals surface area contributed by atoms with Crippen molar-refractivity contribution in [2.45, 2.75) is 103 Å². The van der Waals surface area contributed by atoms with Crippen molar-refractivity contribution < 1.29 is 38.2 Å². The van der Waals surface area contributed by atoms with Crippen molar-refractivity contribution in [3.63, 3.8) is 0 Å². The molecule has 2 atom stereocenters. The summed E-state index contributed by atoms with van der Waals surface area (Å²) in [5.41, 5.74) is 1.47. The molecule has 0 spiro atoms. The van der Waals surface area contributed by atoms with Gasteiger partial charge in [0, 0.05) is 56.3 Å². The molecule has 14 nitrogen and oxygen atoms in total. The summed E-state index contributed by atoms with van der Waals surface area (Å²) in [4.78, 5) is 80.4. The van der Waals surface area contributed by atoms with Gasteiger partial charge in [0.2, 0.25) is 17.7 Å². The van der Waals surface area contributed by atoms with E-state index in [1.165, 1.54) is 30.2 Å². The quantitative estimate of drug-likeness (QED) is 0.0935. The van der Waals surface area contributed by atoms with Gasteiger partial charge in [0.15, 0.2) is 5.66 Å². The number of carbonyl (C=O) groups is 5. The van der Waals surface area contributed by atoms with E-state index >= 15 is 4.79 Å². The number of fused-ring (bicyclic) bond motifs is 2. The summed E-state index contributed by atoms with van der Waals surface area (Å²) in [5.74, 6) is -0.119. The molecule has 0 aliphatic carbocycles. The van der Waals surface area contributed by atoms with Crippen molar-refractivity contribution in [1.82, 2.24) is 30.3 Å². The molecule has 2 N–H and O–H groups in total. The second-order valence-electron chi connectivity index (χ2n) is 16.1. The summed E-state index contributed by atoms with van der Waals surface area (Å²) >= 11 is 0. The molecular weight excluding hydrogens is 789 g/mol. The van der Waals surface area contributed by atoms with Crippen LogP contribution in [-0.4, -0.2) is 102 Å². The molecular formula is C48H60N6O8. The third-order valence-corrected chi connectivity index (χ3v) is 11.9. The topological polar surface area (TPSA) is 160 Å². The molecule has 2 fully saturated rings. The molecule has 14 heteroatoms. The Kier molecular flexibility index (Phi) is 15.4. The van der Waals surface area contributed by atoms with Crippen molar-refractivity contribution in [3.05, 3.63) is 95.2 Å². The number of hydrogen-bond donors (Lipinski definition) is 2. The van der Waals surface area contributed by atoms with E-state index in [2.05, 4.69) is 29.5 Å². The highest BCUT2D eigenvalue weighted by molar-refractivity contribution is 6.06. The van der Waals surface area contributed by atoms with Crippen LogP contribution in [0.5, 0.6) is 17.2 Å². The van der Waals surface area contributed by atoms with Gasteiger partial charge in [0.1, 0.15) is 23.3 Å². The Labute approximate surface area is 364 Å². The predicted octanol–water partition coefficient (Wildman–Crippen LogP) is 6.18. The zero-order chi connectivity index (χ0) is 44.2. The fourth-order valence-electron chi connectivity index (χ4n) is 8.46. The minimum absolute atomic E-state index is 0.0146. The fourth-order valence-corrected chi connectivity index (χ4v) is 8.46. The van der Waals surface area contributed by atoms with Crippen molar-refractivity contribution in [2.75, 3.05) is 41.0 Å². The van der Waals surface area contributed by atoms with E-state index in [-0.39, 0.29) is 62.2 Å². The zero-order valence-corrected chi connectivity index (χ0v) is 36.7. The van der Waals surface area contributed by atoms with E-state index in [0.29, 0.717) is 47.9 Å². The molecule has 1 aromatic heterocycles. The second kappa shape index (κ2) is 21.1. The number of ether oxygens (including phenoxy) is 3. The molecule has 3 heterocycles. The fraction of sp³-hybridized carbons (Fsp3) is 0.458. The van der Waals surface area contributed by atoms with Crippen LogP contribution in [0.25, 0.3) is 10.9 Å². The minimum atomic E-state index is -1.63. The third kappa shape index (κ3) is 10.3. The Morgan fingerprint density at radius 3 is 2.16 bits per heavy atom. The molecule has 2 aliphatic heterocycles. The van der Waals surface area contributed by atoms with Crippen molar-refractivity contribution in [3.8, 4) is 17.2 Å². The van der Waals surface area contributed by atoms with Crippen molar-refractivity contribution in [2.24, 2.45) is 0 Å². The van der Waals surface area contributed by atoms with E-state index in [1.807, 2.05) is 53.4 Å². The molecule has 2 saturated heterocycles. The normalized spacial score (nSPS) is 17.1. The van der Waals surface area contributed by atoms with Gasteiger partial charge in [-0.1, -0.05) is 82.0 Å². The number of benzene rings is 3. The van der Waals surface area contributed by atoms with Crippen LogP contribution in [-0.2, 0) is 38.7 Å². The molecule has 5 amide bonds. The van der Waals surface area contributed by atoms with Crippen LogP contribution < -0.4 is 24.8 Å². The Hall–Kier alpha value is -6.18. The number of piperazine rings is 1. The molecule has 6 rings (SSSR count). The van der Waals surface area contributed by atoms with Crippen molar-refractivity contribution in [1.29, 1.82) is 0 Å². The Balaban J connectivity index is 1.23. The first-order valence-electron chi connectivity index (χ1n) is 21.8. The Morgan fingerprint density at radius 1 is 0.855 bits per heavy atom. The maximum absolute atomic E-state index is 15.1. The molecule has 4 aromatic rings. The molecule has 0 saturated carbocycles. The van der Waals surface area contributed by atoms with Crippen LogP contribution in [0.4, 0.5) is 0 Å². The minimum Gasteiger partial charge on any atom is -0.496 e. The van der Waals surface area contributed by atoms with E-state index in [1.54, 1.807) is 25.3 Å². The molecule has 2 aliphatic rings. The molecule has 1 unspecified atom stereocenters.